The van der Waals surface area contributed by atoms with Crippen LogP contribution in [0.2, 0.25) is 0 Å². The van der Waals surface area contributed by atoms with E-state index < -0.39 is 0 Å². The van der Waals surface area contributed by atoms with Crippen LogP contribution in [0.5, 0.6) is 11.5 Å². The molecule has 34 heavy (non-hydrogen) atoms. The lowest BCUT2D eigenvalue weighted by Crippen LogP contribution is -2.46. The van der Waals surface area contributed by atoms with Crippen molar-refractivity contribution in [3.63, 3.8) is 0 Å². The van der Waals surface area contributed by atoms with E-state index in [4.69, 9.17) is 19.4 Å². The molecule has 1 fully saturated rings. The molecule has 2 aliphatic rings. The van der Waals surface area contributed by atoms with Crippen molar-refractivity contribution >= 4 is 34.0 Å². The molecule has 0 spiro atoms. The van der Waals surface area contributed by atoms with Crippen LogP contribution in [0, 0.1) is 0 Å². The number of anilines is 2. The van der Waals surface area contributed by atoms with Gasteiger partial charge in [0.2, 0.25) is 12.7 Å². The van der Waals surface area contributed by atoms with Crippen molar-refractivity contribution in [2.45, 2.75) is 13.0 Å². The summed E-state index contributed by atoms with van der Waals surface area (Å²) in [5.74, 6) is 3.40. The van der Waals surface area contributed by atoms with E-state index in [2.05, 4.69) is 56.9 Å². The lowest BCUT2D eigenvalue weighted by molar-refractivity contribution is 0.174. The summed E-state index contributed by atoms with van der Waals surface area (Å²) < 4.78 is 11.0. The minimum absolute atomic E-state index is 0.314. The van der Waals surface area contributed by atoms with E-state index >= 15 is 0 Å². The standard InChI is InChI=1S/C26H27N5O2S/c1-2-6-22-21(5-1)25(27-10-9-20-4-3-15-34-20)29-26(28-22)31-13-11-30(12-14-31)17-19-7-8-23-24(16-19)33-18-32-23/h1-8,15-16H,9-14,17-18H2,(H,27,28,29). The minimum Gasteiger partial charge on any atom is -0.454 e. The number of ether oxygens (including phenoxy) is 2. The molecule has 2 aromatic carbocycles. The molecule has 0 saturated carbocycles. The van der Waals surface area contributed by atoms with Gasteiger partial charge in [-0.15, -0.1) is 11.3 Å². The summed E-state index contributed by atoms with van der Waals surface area (Å²) in [6.45, 7) is 5.80. The monoisotopic (exact) mass is 473 g/mol. The van der Waals surface area contributed by atoms with E-state index in [0.717, 1.165) is 79.9 Å². The van der Waals surface area contributed by atoms with Crippen molar-refractivity contribution in [1.29, 1.82) is 0 Å². The Balaban J connectivity index is 1.13. The van der Waals surface area contributed by atoms with Gasteiger partial charge in [-0.25, -0.2) is 4.98 Å². The van der Waals surface area contributed by atoms with E-state index in [-0.39, 0.29) is 0 Å². The van der Waals surface area contributed by atoms with Crippen molar-refractivity contribution in [1.82, 2.24) is 14.9 Å². The molecule has 8 heteroatoms. The average Bonchev–Trinajstić information content (AvgIpc) is 3.56. The zero-order valence-electron chi connectivity index (χ0n) is 18.9. The molecule has 2 aromatic heterocycles. The highest BCUT2D eigenvalue weighted by molar-refractivity contribution is 7.09. The van der Waals surface area contributed by atoms with Crippen LogP contribution in [0.25, 0.3) is 10.9 Å². The van der Waals surface area contributed by atoms with Crippen LogP contribution < -0.4 is 19.7 Å². The molecule has 2 aliphatic heterocycles. The summed E-state index contributed by atoms with van der Waals surface area (Å²) in [7, 11) is 0. The van der Waals surface area contributed by atoms with Gasteiger partial charge in [0.05, 0.1) is 5.52 Å². The quantitative estimate of drug-likeness (QED) is 0.427. The predicted octanol–water partition coefficient (Wildman–Crippen LogP) is 4.40. The highest BCUT2D eigenvalue weighted by Gasteiger charge is 2.21. The van der Waals surface area contributed by atoms with Crippen molar-refractivity contribution < 1.29 is 9.47 Å². The maximum absolute atomic E-state index is 5.53. The molecular formula is C26H27N5O2S. The number of hydrogen-bond donors (Lipinski definition) is 1. The van der Waals surface area contributed by atoms with E-state index in [1.165, 1.54) is 10.4 Å². The number of benzene rings is 2. The Morgan fingerprint density at radius 3 is 2.68 bits per heavy atom. The molecule has 1 saturated heterocycles. The Morgan fingerprint density at radius 2 is 1.79 bits per heavy atom. The molecule has 174 valence electrons. The number of para-hydroxylation sites is 1. The zero-order valence-corrected chi connectivity index (χ0v) is 19.8. The summed E-state index contributed by atoms with van der Waals surface area (Å²) in [6, 6.07) is 18.8. The molecule has 0 radical (unpaired) electrons. The second-order valence-corrected chi connectivity index (χ2v) is 9.63. The van der Waals surface area contributed by atoms with Gasteiger partial charge < -0.3 is 19.7 Å². The lowest BCUT2D eigenvalue weighted by Gasteiger charge is -2.35. The van der Waals surface area contributed by atoms with Crippen molar-refractivity contribution in [3.8, 4) is 11.5 Å². The van der Waals surface area contributed by atoms with Crippen molar-refractivity contribution in [3.05, 3.63) is 70.4 Å². The molecule has 7 nitrogen and oxygen atoms in total. The number of thiophene rings is 1. The van der Waals surface area contributed by atoms with Crippen molar-refractivity contribution in [2.24, 2.45) is 0 Å². The molecular weight excluding hydrogens is 446 g/mol. The van der Waals surface area contributed by atoms with E-state index in [1.54, 1.807) is 11.3 Å². The molecule has 0 bridgehead atoms. The highest BCUT2D eigenvalue weighted by atomic mass is 32.1. The summed E-state index contributed by atoms with van der Waals surface area (Å²) in [5, 5.41) is 6.76. The van der Waals surface area contributed by atoms with Crippen LogP contribution in [0.1, 0.15) is 10.4 Å². The first-order valence-corrected chi connectivity index (χ1v) is 12.6. The number of piperazine rings is 1. The molecule has 1 N–H and O–H groups in total. The summed E-state index contributed by atoms with van der Waals surface area (Å²) in [5.41, 5.74) is 2.23. The normalized spacial score (nSPS) is 15.7. The molecule has 0 unspecified atom stereocenters. The van der Waals surface area contributed by atoms with Crippen LogP contribution in [-0.4, -0.2) is 54.4 Å². The van der Waals surface area contributed by atoms with E-state index in [0.29, 0.717) is 6.79 Å². The zero-order chi connectivity index (χ0) is 22.7. The number of rotatable bonds is 7. The second-order valence-electron chi connectivity index (χ2n) is 8.60. The Labute approximate surface area is 203 Å². The summed E-state index contributed by atoms with van der Waals surface area (Å²) in [6.07, 6.45) is 0.990. The first-order chi connectivity index (χ1) is 16.8. The third-order valence-corrected chi connectivity index (χ3v) is 7.27. The predicted molar refractivity (Wildman–Crippen MR) is 136 cm³/mol. The second kappa shape index (κ2) is 9.48. The first-order valence-electron chi connectivity index (χ1n) is 11.7. The first kappa shape index (κ1) is 21.2. The minimum atomic E-state index is 0.314. The number of aromatic nitrogens is 2. The molecule has 0 aliphatic carbocycles. The third kappa shape index (κ3) is 4.51. The average molecular weight is 474 g/mol. The van der Waals surface area contributed by atoms with Gasteiger partial charge in [-0.3, -0.25) is 4.90 Å². The fraction of sp³-hybridized carbons (Fsp3) is 0.308. The van der Waals surface area contributed by atoms with Gasteiger partial charge in [-0.05, 0) is 47.7 Å². The number of fused-ring (bicyclic) bond motifs is 2. The topological polar surface area (TPSA) is 62.8 Å². The van der Waals surface area contributed by atoms with Gasteiger partial charge in [-0.2, -0.15) is 4.98 Å². The van der Waals surface area contributed by atoms with Gasteiger partial charge >= 0.3 is 0 Å². The van der Waals surface area contributed by atoms with Crippen LogP contribution in [0.15, 0.2) is 60.0 Å². The Kier molecular flexibility index (Phi) is 5.91. The van der Waals surface area contributed by atoms with Crippen LogP contribution in [-0.2, 0) is 13.0 Å². The maximum Gasteiger partial charge on any atom is 0.231 e. The van der Waals surface area contributed by atoms with Crippen LogP contribution in [0.4, 0.5) is 11.8 Å². The summed E-state index contributed by atoms with van der Waals surface area (Å²) in [4.78, 5) is 16.0. The molecule has 4 heterocycles. The smallest absolute Gasteiger partial charge is 0.231 e. The van der Waals surface area contributed by atoms with Gasteiger partial charge in [0.25, 0.3) is 0 Å². The van der Waals surface area contributed by atoms with E-state index in [1.807, 2.05) is 18.2 Å². The number of nitrogens with one attached hydrogen (secondary N) is 1. The van der Waals surface area contributed by atoms with Gasteiger partial charge in [0.1, 0.15) is 5.82 Å². The molecule has 6 rings (SSSR count). The number of nitrogens with zero attached hydrogens (tertiary/aromatic N) is 4. The van der Waals surface area contributed by atoms with Gasteiger partial charge in [-0.1, -0.05) is 24.3 Å². The Bertz CT molecular complexity index is 1270. The SMILES string of the molecule is c1csc(CCNc2nc(N3CCN(Cc4ccc5c(c4)OCO5)CC3)nc3ccccc23)c1. The Hall–Kier alpha value is -3.36. The fourth-order valence-electron chi connectivity index (χ4n) is 4.50. The van der Waals surface area contributed by atoms with Crippen molar-refractivity contribution in [2.75, 3.05) is 49.7 Å². The van der Waals surface area contributed by atoms with E-state index in [9.17, 15) is 0 Å². The fourth-order valence-corrected chi connectivity index (χ4v) is 5.21. The molecule has 0 amide bonds. The maximum atomic E-state index is 5.53. The van der Waals surface area contributed by atoms with Crippen LogP contribution >= 0.6 is 11.3 Å². The third-order valence-electron chi connectivity index (χ3n) is 6.33. The highest BCUT2D eigenvalue weighted by Crippen LogP contribution is 2.33. The molecule has 4 aromatic rings. The number of hydrogen-bond acceptors (Lipinski definition) is 8. The van der Waals surface area contributed by atoms with Gasteiger partial charge in [0, 0.05) is 49.5 Å². The summed E-state index contributed by atoms with van der Waals surface area (Å²) >= 11 is 1.80. The van der Waals surface area contributed by atoms with Crippen LogP contribution in [0.3, 0.4) is 0 Å². The molecule has 0 atom stereocenters. The van der Waals surface area contributed by atoms with Gasteiger partial charge in [0.15, 0.2) is 11.5 Å². The Morgan fingerprint density at radius 1 is 0.912 bits per heavy atom. The lowest BCUT2D eigenvalue weighted by atomic mass is 10.1. The largest absolute Gasteiger partial charge is 0.454 e.